The first kappa shape index (κ1) is 12.9. The molecule has 0 aliphatic heterocycles. The molecule has 0 saturated carbocycles. The molecule has 2 aromatic rings. The van der Waals surface area contributed by atoms with Gasteiger partial charge >= 0.3 is 0 Å². The second-order valence-corrected chi connectivity index (χ2v) is 4.94. The van der Waals surface area contributed by atoms with E-state index in [2.05, 4.69) is 34.2 Å². The average molecular weight is 263 g/mol. The van der Waals surface area contributed by atoms with E-state index in [-0.39, 0.29) is 0 Å². The quantitative estimate of drug-likeness (QED) is 0.839. The van der Waals surface area contributed by atoms with Crippen LogP contribution in [0.5, 0.6) is 0 Å². The van der Waals surface area contributed by atoms with Crippen molar-refractivity contribution in [1.29, 1.82) is 0 Å². The molecule has 5 nitrogen and oxygen atoms in total. The van der Waals surface area contributed by atoms with E-state index >= 15 is 0 Å². The molecule has 0 amide bonds. The van der Waals surface area contributed by atoms with Crippen LogP contribution < -0.4 is 5.32 Å². The minimum Gasteiger partial charge on any atom is -0.370 e. The Bertz CT molecular complexity index is 523. The fourth-order valence-corrected chi connectivity index (χ4v) is 2.40. The lowest BCUT2D eigenvalue weighted by atomic mass is 10.4. The Morgan fingerprint density at radius 2 is 2.17 bits per heavy atom. The summed E-state index contributed by atoms with van der Waals surface area (Å²) >= 11 is 1.60. The van der Waals surface area contributed by atoms with E-state index in [4.69, 9.17) is 0 Å². The van der Waals surface area contributed by atoms with Gasteiger partial charge in [0.2, 0.25) is 0 Å². The van der Waals surface area contributed by atoms with E-state index in [1.807, 2.05) is 25.5 Å². The number of hydrogen-bond donors (Lipinski definition) is 1. The Balaban J connectivity index is 2.23. The van der Waals surface area contributed by atoms with Crippen molar-refractivity contribution >= 4 is 17.6 Å². The molecule has 0 aliphatic rings. The maximum atomic E-state index is 4.51. The monoisotopic (exact) mass is 263 g/mol. The first-order valence-electron chi connectivity index (χ1n) is 5.99. The predicted octanol–water partition coefficient (Wildman–Crippen LogP) is 2.36. The van der Waals surface area contributed by atoms with Crippen LogP contribution in [0.3, 0.4) is 0 Å². The fourth-order valence-electron chi connectivity index (χ4n) is 1.53. The molecule has 6 heteroatoms. The van der Waals surface area contributed by atoms with Gasteiger partial charge in [0.15, 0.2) is 0 Å². The van der Waals surface area contributed by atoms with Gasteiger partial charge in [-0.2, -0.15) is 5.10 Å². The standard InChI is InChI=1S/C12H17N5S/c1-4-10-15-11(13-5-2)6-12(16-10)18-9-7-14-17(3)8-9/h6-8H,4-5H2,1-3H3,(H,13,15,16). The third-order valence-corrected chi connectivity index (χ3v) is 3.19. The van der Waals surface area contributed by atoms with Gasteiger partial charge in [-0.05, 0) is 6.92 Å². The maximum Gasteiger partial charge on any atom is 0.131 e. The van der Waals surface area contributed by atoms with Gasteiger partial charge in [-0.1, -0.05) is 18.7 Å². The summed E-state index contributed by atoms with van der Waals surface area (Å²) in [5.41, 5.74) is 0. The van der Waals surface area contributed by atoms with Crippen LogP contribution >= 0.6 is 11.8 Å². The Labute approximate surface area is 111 Å². The number of hydrogen-bond acceptors (Lipinski definition) is 5. The van der Waals surface area contributed by atoms with E-state index < -0.39 is 0 Å². The number of aromatic nitrogens is 4. The van der Waals surface area contributed by atoms with Crippen LogP contribution in [0.2, 0.25) is 0 Å². The molecule has 2 rings (SSSR count). The second-order valence-electron chi connectivity index (χ2n) is 3.84. The Hall–Kier alpha value is -1.56. The molecule has 0 aromatic carbocycles. The van der Waals surface area contributed by atoms with Gasteiger partial charge in [-0.3, -0.25) is 4.68 Å². The van der Waals surface area contributed by atoms with Crippen molar-refractivity contribution in [3.05, 3.63) is 24.3 Å². The van der Waals surface area contributed by atoms with Crippen LogP contribution in [0.4, 0.5) is 5.82 Å². The predicted molar refractivity (Wildman–Crippen MR) is 72.9 cm³/mol. The van der Waals surface area contributed by atoms with Crippen LogP contribution in [0.1, 0.15) is 19.7 Å². The highest BCUT2D eigenvalue weighted by molar-refractivity contribution is 7.99. The van der Waals surface area contributed by atoms with Crippen LogP contribution in [0.25, 0.3) is 0 Å². The largest absolute Gasteiger partial charge is 0.370 e. The zero-order valence-electron chi connectivity index (χ0n) is 10.8. The van der Waals surface area contributed by atoms with E-state index in [0.29, 0.717) is 0 Å². The molecule has 0 spiro atoms. The van der Waals surface area contributed by atoms with Crippen molar-refractivity contribution in [3.63, 3.8) is 0 Å². The average Bonchev–Trinajstić information content (AvgIpc) is 2.75. The van der Waals surface area contributed by atoms with Crippen LogP contribution in [-0.4, -0.2) is 26.3 Å². The lowest BCUT2D eigenvalue weighted by molar-refractivity contribution is 0.766. The normalized spacial score (nSPS) is 10.6. The van der Waals surface area contributed by atoms with Crippen LogP contribution in [-0.2, 0) is 13.5 Å². The molecule has 0 atom stereocenters. The molecule has 0 saturated heterocycles. The second kappa shape index (κ2) is 5.86. The zero-order valence-corrected chi connectivity index (χ0v) is 11.7. The zero-order chi connectivity index (χ0) is 13.0. The molecular formula is C12H17N5S. The highest BCUT2D eigenvalue weighted by Crippen LogP contribution is 2.26. The van der Waals surface area contributed by atoms with Crippen molar-refractivity contribution < 1.29 is 0 Å². The van der Waals surface area contributed by atoms with Crippen molar-refractivity contribution in [3.8, 4) is 0 Å². The minimum absolute atomic E-state index is 0.833. The minimum atomic E-state index is 0.833. The molecule has 1 N–H and O–H groups in total. The van der Waals surface area contributed by atoms with Gasteiger partial charge in [0.1, 0.15) is 16.7 Å². The molecule has 0 radical (unpaired) electrons. The van der Waals surface area contributed by atoms with Gasteiger partial charge < -0.3 is 5.32 Å². The summed E-state index contributed by atoms with van der Waals surface area (Å²) in [6, 6.07) is 1.97. The van der Waals surface area contributed by atoms with Gasteiger partial charge in [0.25, 0.3) is 0 Å². The smallest absolute Gasteiger partial charge is 0.131 e. The maximum absolute atomic E-state index is 4.51. The Kier molecular flexibility index (Phi) is 4.19. The fraction of sp³-hybridized carbons (Fsp3) is 0.417. The van der Waals surface area contributed by atoms with Crippen molar-refractivity contribution in [1.82, 2.24) is 19.7 Å². The summed E-state index contributed by atoms with van der Waals surface area (Å²) in [5.74, 6) is 1.75. The SMILES string of the molecule is CCNc1cc(Sc2cnn(C)c2)nc(CC)n1. The molecule has 96 valence electrons. The molecule has 0 bridgehead atoms. The summed E-state index contributed by atoms with van der Waals surface area (Å²) in [5, 5.41) is 8.33. The molecule has 0 unspecified atom stereocenters. The van der Waals surface area contributed by atoms with E-state index in [1.54, 1.807) is 16.4 Å². The van der Waals surface area contributed by atoms with Crippen molar-refractivity contribution in [2.45, 2.75) is 30.2 Å². The van der Waals surface area contributed by atoms with Gasteiger partial charge in [-0.25, -0.2) is 9.97 Å². The van der Waals surface area contributed by atoms with E-state index in [1.165, 1.54) is 0 Å². The first-order valence-corrected chi connectivity index (χ1v) is 6.81. The van der Waals surface area contributed by atoms with Crippen LogP contribution in [0.15, 0.2) is 28.4 Å². The summed E-state index contributed by atoms with van der Waals surface area (Å²) < 4.78 is 1.79. The topological polar surface area (TPSA) is 55.6 Å². The summed E-state index contributed by atoms with van der Waals surface area (Å²) in [7, 11) is 1.91. The number of nitrogens with zero attached hydrogens (tertiary/aromatic N) is 4. The third kappa shape index (κ3) is 3.22. The number of aryl methyl sites for hydroxylation is 2. The number of anilines is 1. The van der Waals surface area contributed by atoms with Gasteiger partial charge in [0.05, 0.1) is 11.1 Å². The van der Waals surface area contributed by atoms with Crippen molar-refractivity contribution in [2.75, 3.05) is 11.9 Å². The molecular weight excluding hydrogens is 246 g/mol. The van der Waals surface area contributed by atoms with E-state index in [9.17, 15) is 0 Å². The van der Waals surface area contributed by atoms with Crippen LogP contribution in [0, 0.1) is 0 Å². The summed E-state index contributed by atoms with van der Waals surface area (Å²) in [4.78, 5) is 10.0. The third-order valence-electron chi connectivity index (χ3n) is 2.33. The lowest BCUT2D eigenvalue weighted by Gasteiger charge is -2.06. The number of nitrogens with one attached hydrogen (secondary N) is 1. The molecule has 18 heavy (non-hydrogen) atoms. The highest BCUT2D eigenvalue weighted by Gasteiger charge is 2.06. The highest BCUT2D eigenvalue weighted by atomic mass is 32.2. The van der Waals surface area contributed by atoms with E-state index in [0.717, 1.165) is 34.5 Å². The van der Waals surface area contributed by atoms with Gasteiger partial charge in [0, 0.05) is 32.3 Å². The van der Waals surface area contributed by atoms with Gasteiger partial charge in [-0.15, -0.1) is 0 Å². The first-order chi connectivity index (χ1) is 8.71. The molecule has 2 heterocycles. The lowest BCUT2D eigenvalue weighted by Crippen LogP contribution is -2.03. The Morgan fingerprint density at radius 1 is 1.33 bits per heavy atom. The Morgan fingerprint density at radius 3 is 2.78 bits per heavy atom. The summed E-state index contributed by atoms with van der Waals surface area (Å²) in [6.07, 6.45) is 4.65. The molecule has 0 fully saturated rings. The number of rotatable bonds is 5. The molecule has 2 aromatic heterocycles. The van der Waals surface area contributed by atoms with Crippen molar-refractivity contribution in [2.24, 2.45) is 7.05 Å². The molecule has 0 aliphatic carbocycles. The summed E-state index contributed by atoms with van der Waals surface area (Å²) in [6.45, 7) is 4.97.